The summed E-state index contributed by atoms with van der Waals surface area (Å²) in [6.45, 7) is 1.07. The molecule has 0 radical (unpaired) electrons. The van der Waals surface area contributed by atoms with Gasteiger partial charge < -0.3 is 4.90 Å². The van der Waals surface area contributed by atoms with E-state index in [9.17, 15) is 4.79 Å². The highest BCUT2D eigenvalue weighted by molar-refractivity contribution is 5.87. The Labute approximate surface area is 92.0 Å². The molecule has 0 amide bonds. The fourth-order valence-electron chi connectivity index (χ4n) is 4.66. The summed E-state index contributed by atoms with van der Waals surface area (Å²) in [5, 5.41) is 0. The summed E-state index contributed by atoms with van der Waals surface area (Å²) in [6.07, 6.45) is 5.39. The summed E-state index contributed by atoms with van der Waals surface area (Å²) >= 11 is 0. The SMILES string of the molecule is C[NH+](C)C[C@H]1C(=O)[C@@H]2C[C@H]1[C@H]1CCC[C@H]12. The van der Waals surface area contributed by atoms with E-state index in [1.54, 1.807) is 0 Å². The van der Waals surface area contributed by atoms with Gasteiger partial charge in [0.1, 0.15) is 5.78 Å². The highest BCUT2D eigenvalue weighted by Crippen LogP contribution is 2.58. The molecule has 84 valence electrons. The third-order valence-corrected chi connectivity index (χ3v) is 5.09. The van der Waals surface area contributed by atoms with Crippen LogP contribution in [0.15, 0.2) is 0 Å². The lowest BCUT2D eigenvalue weighted by Gasteiger charge is -2.30. The van der Waals surface area contributed by atoms with Gasteiger partial charge in [0.25, 0.3) is 0 Å². The topological polar surface area (TPSA) is 21.5 Å². The Hall–Kier alpha value is -0.370. The van der Waals surface area contributed by atoms with E-state index >= 15 is 0 Å². The second kappa shape index (κ2) is 3.31. The number of hydrogen-bond acceptors (Lipinski definition) is 1. The minimum absolute atomic E-state index is 0.416. The molecule has 0 aromatic rings. The van der Waals surface area contributed by atoms with E-state index in [4.69, 9.17) is 0 Å². The van der Waals surface area contributed by atoms with E-state index in [-0.39, 0.29) is 0 Å². The standard InChI is InChI=1S/C13H21NO/c1-14(2)7-12-10-6-11(13(12)15)9-5-3-4-8(9)10/h8-12H,3-7H2,1-2H3/p+1/t8-,9+,10-,11+,12+/m0/s1. The Balaban J connectivity index is 1.81. The highest BCUT2D eigenvalue weighted by Gasteiger charge is 2.59. The molecule has 3 aliphatic rings. The Morgan fingerprint density at radius 3 is 2.67 bits per heavy atom. The first-order chi connectivity index (χ1) is 7.18. The van der Waals surface area contributed by atoms with Gasteiger partial charge in [-0.2, -0.15) is 0 Å². The molecule has 2 bridgehead atoms. The molecule has 1 N–H and O–H groups in total. The zero-order chi connectivity index (χ0) is 10.6. The fourth-order valence-corrected chi connectivity index (χ4v) is 4.66. The lowest BCUT2D eigenvalue weighted by atomic mass is 9.75. The fraction of sp³-hybridized carbons (Fsp3) is 0.923. The van der Waals surface area contributed by atoms with Gasteiger partial charge in [-0.3, -0.25) is 4.79 Å². The molecule has 0 spiro atoms. The number of fused-ring (bicyclic) bond motifs is 5. The summed E-state index contributed by atoms with van der Waals surface area (Å²) in [5.74, 6) is 4.02. The molecule has 5 atom stereocenters. The van der Waals surface area contributed by atoms with Crippen LogP contribution < -0.4 is 4.90 Å². The van der Waals surface area contributed by atoms with Crippen molar-refractivity contribution in [2.24, 2.45) is 29.6 Å². The van der Waals surface area contributed by atoms with Crippen LogP contribution in [0.1, 0.15) is 25.7 Å². The number of carbonyl (C=O) groups excluding carboxylic acids is 1. The quantitative estimate of drug-likeness (QED) is 0.696. The molecule has 0 aromatic carbocycles. The molecule has 3 fully saturated rings. The molecular weight excluding hydrogens is 186 g/mol. The molecule has 15 heavy (non-hydrogen) atoms. The Morgan fingerprint density at radius 2 is 1.93 bits per heavy atom. The minimum Gasteiger partial charge on any atom is -0.339 e. The van der Waals surface area contributed by atoms with Gasteiger partial charge >= 0.3 is 0 Å². The zero-order valence-electron chi connectivity index (χ0n) is 9.83. The maximum Gasteiger partial charge on any atom is 0.145 e. The van der Waals surface area contributed by atoms with Gasteiger partial charge in [0.05, 0.1) is 26.6 Å². The monoisotopic (exact) mass is 208 g/mol. The van der Waals surface area contributed by atoms with Gasteiger partial charge in [-0.25, -0.2) is 0 Å². The van der Waals surface area contributed by atoms with E-state index in [1.165, 1.54) is 30.6 Å². The highest BCUT2D eigenvalue weighted by atomic mass is 16.1. The number of carbonyl (C=O) groups is 1. The van der Waals surface area contributed by atoms with Gasteiger partial charge in [0, 0.05) is 5.92 Å². The second-order valence-electron chi connectivity index (χ2n) is 6.18. The molecule has 0 heterocycles. The van der Waals surface area contributed by atoms with Crippen molar-refractivity contribution >= 4 is 5.78 Å². The largest absolute Gasteiger partial charge is 0.339 e. The summed E-state index contributed by atoms with van der Waals surface area (Å²) in [7, 11) is 4.34. The minimum atomic E-state index is 0.416. The van der Waals surface area contributed by atoms with Gasteiger partial charge in [-0.15, -0.1) is 0 Å². The third kappa shape index (κ3) is 1.30. The van der Waals surface area contributed by atoms with Crippen LogP contribution in [0.3, 0.4) is 0 Å². The van der Waals surface area contributed by atoms with E-state index in [0.29, 0.717) is 17.6 Å². The van der Waals surface area contributed by atoms with Crippen molar-refractivity contribution in [2.45, 2.75) is 25.7 Å². The molecule has 3 aliphatic carbocycles. The first-order valence-corrected chi connectivity index (χ1v) is 6.51. The van der Waals surface area contributed by atoms with Crippen molar-refractivity contribution in [1.29, 1.82) is 0 Å². The smallest absolute Gasteiger partial charge is 0.145 e. The van der Waals surface area contributed by atoms with Crippen LogP contribution in [0.2, 0.25) is 0 Å². The Morgan fingerprint density at radius 1 is 1.20 bits per heavy atom. The predicted octanol–water partition coefficient (Wildman–Crippen LogP) is 0.382. The molecule has 3 saturated carbocycles. The van der Waals surface area contributed by atoms with Crippen molar-refractivity contribution in [1.82, 2.24) is 0 Å². The molecule has 0 aromatic heterocycles. The van der Waals surface area contributed by atoms with Crippen LogP contribution in [0.4, 0.5) is 0 Å². The molecule has 2 nitrogen and oxygen atoms in total. The van der Waals surface area contributed by atoms with Gasteiger partial charge in [0.15, 0.2) is 0 Å². The van der Waals surface area contributed by atoms with Crippen LogP contribution in [-0.4, -0.2) is 26.4 Å². The number of hydrogen-bond donors (Lipinski definition) is 1. The van der Waals surface area contributed by atoms with Crippen LogP contribution in [0.5, 0.6) is 0 Å². The summed E-state index contributed by atoms with van der Waals surface area (Å²) in [4.78, 5) is 13.7. The number of Topliss-reactive ketones (excluding diaryl/α,β-unsaturated/α-hetero) is 1. The Kier molecular flexibility index (Phi) is 2.17. The normalized spacial score (nSPS) is 47.9. The average Bonchev–Trinajstić information content (AvgIpc) is 2.77. The second-order valence-corrected chi connectivity index (χ2v) is 6.18. The molecular formula is C13H22NO+. The number of nitrogens with one attached hydrogen (secondary N) is 1. The van der Waals surface area contributed by atoms with Gasteiger partial charge in [-0.1, -0.05) is 6.42 Å². The summed E-state index contributed by atoms with van der Waals surface area (Å²) < 4.78 is 0. The van der Waals surface area contributed by atoms with Gasteiger partial charge in [-0.05, 0) is 37.0 Å². The molecule has 0 unspecified atom stereocenters. The van der Waals surface area contributed by atoms with Crippen LogP contribution >= 0.6 is 0 Å². The van der Waals surface area contributed by atoms with Crippen molar-refractivity contribution in [2.75, 3.05) is 20.6 Å². The van der Waals surface area contributed by atoms with Gasteiger partial charge in [0.2, 0.25) is 0 Å². The molecule has 0 saturated heterocycles. The van der Waals surface area contributed by atoms with Crippen LogP contribution in [0.25, 0.3) is 0 Å². The first kappa shape index (κ1) is 9.83. The van der Waals surface area contributed by atoms with Crippen molar-refractivity contribution in [3.63, 3.8) is 0 Å². The van der Waals surface area contributed by atoms with Crippen LogP contribution in [-0.2, 0) is 4.79 Å². The van der Waals surface area contributed by atoms with E-state index in [1.807, 2.05) is 0 Å². The van der Waals surface area contributed by atoms with Crippen molar-refractivity contribution in [3.05, 3.63) is 0 Å². The molecule has 3 rings (SSSR count). The van der Waals surface area contributed by atoms with Crippen LogP contribution in [0, 0.1) is 29.6 Å². The number of ketones is 1. The maximum absolute atomic E-state index is 12.2. The van der Waals surface area contributed by atoms with E-state index < -0.39 is 0 Å². The van der Waals surface area contributed by atoms with Crippen molar-refractivity contribution in [3.8, 4) is 0 Å². The lowest BCUT2D eigenvalue weighted by Crippen LogP contribution is -3.06. The molecule has 2 heteroatoms. The number of rotatable bonds is 2. The van der Waals surface area contributed by atoms with E-state index in [2.05, 4.69) is 14.1 Å². The maximum atomic E-state index is 12.2. The first-order valence-electron chi connectivity index (χ1n) is 6.51. The summed E-state index contributed by atoms with van der Waals surface area (Å²) in [6, 6.07) is 0. The molecule has 0 aliphatic heterocycles. The third-order valence-electron chi connectivity index (χ3n) is 5.09. The Bertz CT molecular complexity index is 286. The lowest BCUT2D eigenvalue weighted by molar-refractivity contribution is -0.861. The zero-order valence-corrected chi connectivity index (χ0v) is 9.83. The summed E-state index contributed by atoms with van der Waals surface area (Å²) in [5.41, 5.74) is 0. The van der Waals surface area contributed by atoms with Crippen molar-refractivity contribution < 1.29 is 9.69 Å². The van der Waals surface area contributed by atoms with E-state index in [0.717, 1.165) is 24.3 Å². The number of quaternary nitrogens is 1. The predicted molar refractivity (Wildman–Crippen MR) is 58.6 cm³/mol. The average molecular weight is 208 g/mol.